The van der Waals surface area contributed by atoms with E-state index >= 15 is 0 Å². The average Bonchev–Trinajstić information content (AvgIpc) is 3.00. The van der Waals surface area contributed by atoms with Crippen LogP contribution in [0.15, 0.2) is 42.6 Å². The second kappa shape index (κ2) is 7.42. The molecule has 0 bridgehead atoms. The number of benzene rings is 1. The number of pyridine rings is 1. The maximum absolute atomic E-state index is 13.6. The van der Waals surface area contributed by atoms with Gasteiger partial charge in [-0.2, -0.15) is 17.9 Å². The Kier molecular flexibility index (Phi) is 4.88. The van der Waals surface area contributed by atoms with E-state index in [0.29, 0.717) is 16.0 Å². The number of anilines is 1. The highest BCUT2D eigenvalue weighted by molar-refractivity contribution is 6.05. The second-order valence-electron chi connectivity index (χ2n) is 6.70. The molecule has 1 aliphatic heterocycles. The van der Waals surface area contributed by atoms with E-state index in [1.54, 1.807) is 6.07 Å². The van der Waals surface area contributed by atoms with Gasteiger partial charge in [0, 0.05) is 30.3 Å². The maximum atomic E-state index is 13.6. The lowest BCUT2D eigenvalue weighted by Crippen LogP contribution is -2.37. The Labute approximate surface area is 172 Å². The summed E-state index contributed by atoms with van der Waals surface area (Å²) in [5, 5.41) is 2.55. The van der Waals surface area contributed by atoms with Crippen molar-refractivity contribution < 1.29 is 32.0 Å². The number of hydrogen-bond donors (Lipinski definition) is 2. The Morgan fingerprint density at radius 3 is 2.68 bits per heavy atom. The largest absolute Gasteiger partial charge is 0.493 e. The van der Waals surface area contributed by atoms with Crippen LogP contribution in [0.4, 0.5) is 23.2 Å². The zero-order valence-corrected chi connectivity index (χ0v) is 15.7. The van der Waals surface area contributed by atoms with Crippen molar-refractivity contribution in [1.29, 1.82) is 0 Å². The molecule has 1 amide bonds. The fourth-order valence-corrected chi connectivity index (χ4v) is 3.37. The molecule has 0 radical (unpaired) electrons. The summed E-state index contributed by atoms with van der Waals surface area (Å²) in [6.45, 7) is 0.128. The van der Waals surface area contributed by atoms with Gasteiger partial charge in [-0.15, -0.1) is 0 Å². The number of nitrogens with zero attached hydrogens (tertiary/aromatic N) is 2. The summed E-state index contributed by atoms with van der Waals surface area (Å²) in [7, 11) is 0. The molecular formula is C20H14F4N4O3. The number of amides is 1. The number of carbonyl (C=O) groups is 2. The number of aromatic nitrogens is 2. The predicted molar refractivity (Wildman–Crippen MR) is 101 cm³/mol. The van der Waals surface area contributed by atoms with Gasteiger partial charge in [0.2, 0.25) is 0 Å². The fraction of sp³-hybridized carbons (Fsp3) is 0.150. The van der Waals surface area contributed by atoms with E-state index in [1.165, 1.54) is 36.5 Å². The zero-order chi connectivity index (χ0) is 22.3. The third-order valence-electron chi connectivity index (χ3n) is 4.70. The van der Waals surface area contributed by atoms with E-state index in [0.717, 1.165) is 0 Å². The lowest BCUT2D eigenvalue weighted by Gasteiger charge is -2.17. The first-order valence-corrected chi connectivity index (χ1v) is 9.00. The third kappa shape index (κ3) is 3.69. The van der Waals surface area contributed by atoms with Gasteiger partial charge in [-0.3, -0.25) is 9.78 Å². The minimum atomic E-state index is -5.26. The predicted octanol–water partition coefficient (Wildman–Crippen LogP) is 2.74. The highest BCUT2D eigenvalue weighted by Gasteiger charge is 2.43. The molecule has 0 aliphatic carbocycles. The number of rotatable bonds is 3. The van der Waals surface area contributed by atoms with Crippen LogP contribution in [0.1, 0.15) is 16.1 Å². The van der Waals surface area contributed by atoms with Gasteiger partial charge in [0.05, 0.1) is 22.6 Å². The number of halogens is 4. The van der Waals surface area contributed by atoms with E-state index in [4.69, 9.17) is 5.73 Å². The first-order chi connectivity index (χ1) is 14.7. The van der Waals surface area contributed by atoms with Crippen molar-refractivity contribution in [3.63, 3.8) is 0 Å². The maximum Gasteiger partial charge on any atom is 0.493 e. The summed E-state index contributed by atoms with van der Waals surface area (Å²) in [6.07, 6.45) is -3.82. The molecule has 1 aromatic carbocycles. The number of nitrogen functional groups attached to an aromatic ring is 1. The van der Waals surface area contributed by atoms with Crippen LogP contribution in [0.25, 0.3) is 22.5 Å². The monoisotopic (exact) mass is 434 g/mol. The van der Waals surface area contributed by atoms with Crippen molar-refractivity contribution in [2.24, 2.45) is 0 Å². The highest BCUT2D eigenvalue weighted by atomic mass is 19.4. The summed E-state index contributed by atoms with van der Waals surface area (Å²) in [5.41, 5.74) is 6.75. The van der Waals surface area contributed by atoms with Gasteiger partial charge in [0.15, 0.2) is 0 Å². The summed E-state index contributed by atoms with van der Waals surface area (Å²) < 4.78 is 52.8. The van der Waals surface area contributed by atoms with Gasteiger partial charge in [-0.05, 0) is 24.3 Å². The van der Waals surface area contributed by atoms with Crippen molar-refractivity contribution in [1.82, 2.24) is 15.0 Å². The van der Waals surface area contributed by atoms with Crippen LogP contribution in [0.5, 0.6) is 0 Å². The van der Waals surface area contributed by atoms with Crippen LogP contribution < -0.4 is 15.9 Å². The average molecular weight is 434 g/mol. The normalized spacial score (nSPS) is 13.5. The standard InChI is InChI=1S/C20H14F4N4O3/c21-12-3-1-2-10(8-12)13-9-11(4-6-26-13)17-16(25)15-14(5-7-27-18(15)29)28(17)31-19(30)20(22,23)24/h1-4,6,8-9H,5,7,25H2,(H,27,29). The molecule has 11 heteroatoms. The summed E-state index contributed by atoms with van der Waals surface area (Å²) >= 11 is 0. The van der Waals surface area contributed by atoms with Crippen LogP contribution in [0, 0.1) is 5.82 Å². The van der Waals surface area contributed by atoms with E-state index in [1.807, 2.05) is 0 Å². The molecule has 7 nitrogen and oxygen atoms in total. The molecule has 0 spiro atoms. The molecule has 0 saturated heterocycles. The van der Waals surface area contributed by atoms with Crippen molar-refractivity contribution in [2.45, 2.75) is 12.6 Å². The first kappa shape index (κ1) is 20.4. The molecule has 1 aliphatic rings. The van der Waals surface area contributed by atoms with E-state index < -0.39 is 23.9 Å². The smallest absolute Gasteiger partial charge is 0.396 e. The Balaban J connectivity index is 1.89. The van der Waals surface area contributed by atoms with Crippen molar-refractivity contribution >= 4 is 17.6 Å². The van der Waals surface area contributed by atoms with Gasteiger partial charge < -0.3 is 15.9 Å². The van der Waals surface area contributed by atoms with E-state index in [2.05, 4.69) is 15.1 Å². The molecule has 160 valence electrons. The Morgan fingerprint density at radius 1 is 1.19 bits per heavy atom. The summed E-state index contributed by atoms with van der Waals surface area (Å²) in [4.78, 5) is 32.6. The number of nitrogens with one attached hydrogen (secondary N) is 1. The molecule has 3 N–H and O–H groups in total. The van der Waals surface area contributed by atoms with Gasteiger partial charge in [0.1, 0.15) is 11.5 Å². The Bertz CT molecular complexity index is 1200. The molecule has 4 rings (SSSR count). The number of hydrogen-bond acceptors (Lipinski definition) is 5. The van der Waals surface area contributed by atoms with E-state index in [9.17, 15) is 27.2 Å². The summed E-state index contributed by atoms with van der Waals surface area (Å²) in [5.74, 6) is -3.56. The highest BCUT2D eigenvalue weighted by Crippen LogP contribution is 2.36. The molecule has 0 fully saturated rings. The van der Waals surface area contributed by atoms with Gasteiger partial charge in [-0.1, -0.05) is 12.1 Å². The zero-order valence-electron chi connectivity index (χ0n) is 15.7. The third-order valence-corrected chi connectivity index (χ3v) is 4.70. The van der Waals surface area contributed by atoms with Crippen LogP contribution in [-0.4, -0.2) is 34.3 Å². The van der Waals surface area contributed by atoms with Crippen molar-refractivity contribution in [3.8, 4) is 22.5 Å². The van der Waals surface area contributed by atoms with Crippen LogP contribution >= 0.6 is 0 Å². The fourth-order valence-electron chi connectivity index (χ4n) is 3.37. The van der Waals surface area contributed by atoms with Crippen molar-refractivity contribution in [2.75, 3.05) is 12.3 Å². The minimum absolute atomic E-state index is 0.0398. The molecule has 0 saturated carbocycles. The van der Waals surface area contributed by atoms with Crippen LogP contribution in [-0.2, 0) is 11.2 Å². The first-order valence-electron chi connectivity index (χ1n) is 9.00. The second-order valence-corrected chi connectivity index (χ2v) is 6.70. The van der Waals surface area contributed by atoms with Crippen LogP contribution in [0.2, 0.25) is 0 Å². The molecule has 3 aromatic rings. The topological polar surface area (TPSA) is 99.2 Å². The number of fused-ring (bicyclic) bond motifs is 1. The molecule has 0 unspecified atom stereocenters. The molecular weight excluding hydrogens is 420 g/mol. The Hall–Kier alpha value is -3.89. The minimum Gasteiger partial charge on any atom is -0.396 e. The Morgan fingerprint density at radius 2 is 1.97 bits per heavy atom. The number of nitrogens with two attached hydrogens (primary N) is 1. The lowest BCUT2D eigenvalue weighted by atomic mass is 10.0. The number of alkyl halides is 3. The van der Waals surface area contributed by atoms with Crippen LogP contribution in [0.3, 0.4) is 0 Å². The molecule has 0 atom stereocenters. The van der Waals surface area contributed by atoms with Crippen molar-refractivity contribution in [3.05, 3.63) is 59.7 Å². The molecule has 31 heavy (non-hydrogen) atoms. The van der Waals surface area contributed by atoms with Gasteiger partial charge in [0.25, 0.3) is 5.91 Å². The van der Waals surface area contributed by atoms with Gasteiger partial charge in [-0.25, -0.2) is 9.18 Å². The molecule has 3 heterocycles. The SMILES string of the molecule is Nc1c2c(n(OC(=O)C(F)(F)F)c1-c1ccnc(-c3cccc(F)c3)c1)CCNC2=O. The molecule has 2 aromatic heterocycles. The van der Waals surface area contributed by atoms with E-state index in [-0.39, 0.29) is 41.2 Å². The lowest BCUT2D eigenvalue weighted by molar-refractivity contribution is -0.199. The number of carbonyl (C=O) groups excluding carboxylic acids is 2. The summed E-state index contributed by atoms with van der Waals surface area (Å²) in [6, 6.07) is 8.43. The van der Waals surface area contributed by atoms with Gasteiger partial charge >= 0.3 is 12.1 Å². The quantitative estimate of drug-likeness (QED) is 0.618.